The number of benzene rings is 2. The molecule has 1 fully saturated rings. The van der Waals surface area contributed by atoms with Crippen LogP contribution in [0.1, 0.15) is 36.2 Å². The number of hydrogen-bond acceptors (Lipinski definition) is 3. The van der Waals surface area contributed by atoms with Gasteiger partial charge in [0, 0.05) is 27.6 Å². The summed E-state index contributed by atoms with van der Waals surface area (Å²) < 4.78 is 1.74. The molecule has 5 nitrogen and oxygen atoms in total. The molecule has 0 unspecified atom stereocenters. The van der Waals surface area contributed by atoms with Crippen LogP contribution in [0.15, 0.2) is 59.4 Å². The number of rotatable bonds is 2. The molecule has 5 heteroatoms. The maximum atomic E-state index is 13.3. The molecule has 2 aromatic carbocycles. The first-order valence-corrected chi connectivity index (χ1v) is 10.1. The van der Waals surface area contributed by atoms with Crippen molar-refractivity contribution in [3.63, 3.8) is 0 Å². The van der Waals surface area contributed by atoms with Crippen molar-refractivity contribution in [3.8, 4) is 0 Å². The van der Waals surface area contributed by atoms with Crippen LogP contribution < -0.4 is 10.9 Å². The van der Waals surface area contributed by atoms with Crippen molar-refractivity contribution >= 4 is 44.0 Å². The molecule has 0 radical (unpaired) electrons. The monoisotopic (exact) mass is 381 g/mol. The van der Waals surface area contributed by atoms with E-state index in [1.165, 1.54) is 0 Å². The van der Waals surface area contributed by atoms with Gasteiger partial charge in [0.2, 0.25) is 0 Å². The Kier molecular flexibility index (Phi) is 3.42. The molecule has 1 saturated carbocycles. The molecule has 1 amide bonds. The van der Waals surface area contributed by atoms with Crippen molar-refractivity contribution in [2.75, 3.05) is 0 Å². The standard InChI is InChI=1S/C24H19N3O2/c28-23(25-14-7-1-2-8-14)19-13-18-15-9-5-6-12-20(15)27-22(18)21(26-19)16-10-3-4-11-17(16)24(27)29/h3-6,9-14H,1-2,7-8H2,(H,25,28). The fraction of sp³-hybridized carbons (Fsp3) is 0.208. The number of para-hydroxylation sites is 1. The normalized spacial score (nSPS) is 15.2. The second-order valence-electron chi connectivity index (χ2n) is 7.91. The fourth-order valence-corrected chi connectivity index (χ4v) is 4.83. The maximum Gasteiger partial charge on any atom is 0.270 e. The average Bonchev–Trinajstić information content (AvgIpc) is 3.38. The lowest BCUT2D eigenvalue weighted by atomic mass is 10.1. The second kappa shape index (κ2) is 6.01. The van der Waals surface area contributed by atoms with Crippen LogP contribution in [0, 0.1) is 0 Å². The molecule has 6 rings (SSSR count). The van der Waals surface area contributed by atoms with E-state index >= 15 is 0 Å². The molecule has 1 aliphatic carbocycles. The third-order valence-corrected chi connectivity index (χ3v) is 6.19. The summed E-state index contributed by atoms with van der Waals surface area (Å²) in [5.74, 6) is -0.138. The topological polar surface area (TPSA) is 63.5 Å². The van der Waals surface area contributed by atoms with E-state index < -0.39 is 0 Å². The average molecular weight is 381 g/mol. The maximum absolute atomic E-state index is 13.3. The number of fused-ring (bicyclic) bond motifs is 5. The number of carbonyl (C=O) groups is 1. The molecule has 29 heavy (non-hydrogen) atoms. The summed E-state index contributed by atoms with van der Waals surface area (Å²) >= 11 is 0. The van der Waals surface area contributed by atoms with E-state index in [1.54, 1.807) is 4.40 Å². The predicted molar refractivity (Wildman–Crippen MR) is 115 cm³/mol. The molecule has 0 atom stereocenters. The van der Waals surface area contributed by atoms with Crippen molar-refractivity contribution in [1.82, 2.24) is 14.7 Å². The molecule has 0 bridgehead atoms. The lowest BCUT2D eigenvalue weighted by Gasteiger charge is -2.12. The Morgan fingerprint density at radius 1 is 0.931 bits per heavy atom. The van der Waals surface area contributed by atoms with Gasteiger partial charge in [0.1, 0.15) is 5.69 Å². The number of nitrogens with zero attached hydrogens (tertiary/aromatic N) is 2. The van der Waals surface area contributed by atoms with Gasteiger partial charge in [-0.1, -0.05) is 49.2 Å². The fourth-order valence-electron chi connectivity index (χ4n) is 4.83. The molecule has 3 aromatic heterocycles. The number of pyridine rings is 2. The van der Waals surface area contributed by atoms with E-state index in [0.717, 1.165) is 52.9 Å². The molecule has 0 aliphatic heterocycles. The number of hydrogen-bond donors (Lipinski definition) is 1. The summed E-state index contributed by atoms with van der Waals surface area (Å²) in [4.78, 5) is 31.0. The number of carbonyl (C=O) groups excluding carboxylic acids is 1. The van der Waals surface area contributed by atoms with Crippen LogP contribution in [0.25, 0.3) is 38.1 Å². The minimum atomic E-state index is -0.138. The van der Waals surface area contributed by atoms with Gasteiger partial charge in [0.05, 0.1) is 16.6 Å². The Hall–Kier alpha value is -3.47. The Labute approximate surface area is 166 Å². The zero-order valence-corrected chi connectivity index (χ0v) is 15.8. The molecule has 1 aliphatic rings. The summed E-state index contributed by atoms with van der Waals surface area (Å²) in [6, 6.07) is 17.4. The zero-order valence-electron chi connectivity index (χ0n) is 15.8. The quantitative estimate of drug-likeness (QED) is 0.465. The van der Waals surface area contributed by atoms with Crippen LogP contribution in [0.3, 0.4) is 0 Å². The highest BCUT2D eigenvalue weighted by Gasteiger charge is 2.23. The van der Waals surface area contributed by atoms with Gasteiger partial charge in [0.25, 0.3) is 11.5 Å². The molecular formula is C24H19N3O2. The number of aromatic nitrogens is 2. The molecule has 3 heterocycles. The largest absolute Gasteiger partial charge is 0.348 e. The van der Waals surface area contributed by atoms with Gasteiger partial charge in [-0.3, -0.25) is 14.0 Å². The number of nitrogens with one attached hydrogen (secondary N) is 1. The Morgan fingerprint density at radius 2 is 1.62 bits per heavy atom. The first-order chi connectivity index (χ1) is 14.2. The summed E-state index contributed by atoms with van der Waals surface area (Å²) in [6.45, 7) is 0. The highest BCUT2D eigenvalue weighted by Crippen LogP contribution is 2.33. The van der Waals surface area contributed by atoms with E-state index in [4.69, 9.17) is 4.98 Å². The Morgan fingerprint density at radius 3 is 2.41 bits per heavy atom. The van der Waals surface area contributed by atoms with E-state index in [9.17, 15) is 9.59 Å². The highest BCUT2D eigenvalue weighted by molar-refractivity contribution is 6.20. The molecule has 0 saturated heterocycles. The van der Waals surface area contributed by atoms with Crippen LogP contribution in [0.2, 0.25) is 0 Å². The van der Waals surface area contributed by atoms with Crippen molar-refractivity contribution in [3.05, 3.63) is 70.6 Å². The smallest absolute Gasteiger partial charge is 0.270 e. The van der Waals surface area contributed by atoms with Crippen molar-refractivity contribution < 1.29 is 4.79 Å². The summed E-state index contributed by atoms with van der Waals surface area (Å²) in [5, 5.41) is 6.40. The first kappa shape index (κ1) is 16.5. The van der Waals surface area contributed by atoms with Crippen LogP contribution in [-0.2, 0) is 0 Å². The zero-order chi connectivity index (χ0) is 19.5. The highest BCUT2D eigenvalue weighted by atomic mass is 16.2. The number of amides is 1. The van der Waals surface area contributed by atoms with Gasteiger partial charge >= 0.3 is 0 Å². The van der Waals surface area contributed by atoms with Crippen LogP contribution in [-0.4, -0.2) is 21.3 Å². The lowest BCUT2D eigenvalue weighted by Crippen LogP contribution is -2.33. The third-order valence-electron chi connectivity index (χ3n) is 6.19. The molecule has 5 aromatic rings. The van der Waals surface area contributed by atoms with Gasteiger partial charge in [-0.05, 0) is 31.0 Å². The third kappa shape index (κ3) is 2.30. The van der Waals surface area contributed by atoms with Crippen LogP contribution in [0.5, 0.6) is 0 Å². The first-order valence-electron chi connectivity index (χ1n) is 10.1. The molecular weight excluding hydrogens is 362 g/mol. The predicted octanol–water partition coefficient (Wildman–Crippen LogP) is 4.26. The molecule has 0 spiro atoms. The lowest BCUT2D eigenvalue weighted by molar-refractivity contribution is 0.0933. The summed E-state index contributed by atoms with van der Waals surface area (Å²) in [5.41, 5.74) is 2.69. The van der Waals surface area contributed by atoms with Crippen LogP contribution in [0.4, 0.5) is 0 Å². The van der Waals surface area contributed by atoms with Gasteiger partial charge in [0.15, 0.2) is 0 Å². The van der Waals surface area contributed by atoms with Crippen LogP contribution >= 0.6 is 0 Å². The summed E-state index contributed by atoms with van der Waals surface area (Å²) in [7, 11) is 0. The van der Waals surface area contributed by atoms with E-state index in [0.29, 0.717) is 16.6 Å². The molecule has 142 valence electrons. The van der Waals surface area contributed by atoms with Crippen molar-refractivity contribution in [1.29, 1.82) is 0 Å². The van der Waals surface area contributed by atoms with Gasteiger partial charge in [-0.2, -0.15) is 0 Å². The summed E-state index contributed by atoms with van der Waals surface area (Å²) in [6.07, 6.45) is 4.37. The van der Waals surface area contributed by atoms with Gasteiger partial charge < -0.3 is 5.32 Å². The molecule has 1 N–H and O–H groups in total. The second-order valence-corrected chi connectivity index (χ2v) is 7.91. The SMILES string of the molecule is O=C(NC1CCCC1)c1cc2c3ccccc3n3c(=O)c4ccccc4c(n1)c23. The van der Waals surface area contributed by atoms with Crippen molar-refractivity contribution in [2.24, 2.45) is 0 Å². The minimum absolute atomic E-state index is 0.0516. The van der Waals surface area contributed by atoms with Crippen molar-refractivity contribution in [2.45, 2.75) is 31.7 Å². The Bertz CT molecular complexity index is 1480. The van der Waals surface area contributed by atoms with Gasteiger partial charge in [-0.15, -0.1) is 0 Å². The Balaban J connectivity index is 1.72. The van der Waals surface area contributed by atoms with E-state index in [-0.39, 0.29) is 17.5 Å². The minimum Gasteiger partial charge on any atom is -0.348 e. The van der Waals surface area contributed by atoms with E-state index in [2.05, 4.69) is 5.32 Å². The van der Waals surface area contributed by atoms with Gasteiger partial charge in [-0.25, -0.2) is 4.98 Å². The van der Waals surface area contributed by atoms with E-state index in [1.807, 2.05) is 54.6 Å².